The van der Waals surface area contributed by atoms with Gasteiger partial charge in [-0.15, -0.1) is 0 Å². The zero-order valence-corrected chi connectivity index (χ0v) is 11.1. The maximum absolute atomic E-state index is 12.0. The van der Waals surface area contributed by atoms with Crippen molar-refractivity contribution in [3.8, 4) is 11.5 Å². The Labute approximate surface area is 117 Å². The molecule has 0 aliphatic carbocycles. The van der Waals surface area contributed by atoms with E-state index in [9.17, 15) is 9.90 Å². The molecular weight excluding hydrogens is 256 g/mol. The predicted octanol–water partition coefficient (Wildman–Crippen LogP) is 2.02. The summed E-state index contributed by atoms with van der Waals surface area (Å²) in [4.78, 5) is 13.4. The molecule has 0 heterocycles. The van der Waals surface area contributed by atoms with Gasteiger partial charge in [0.25, 0.3) is 5.91 Å². The van der Waals surface area contributed by atoms with Gasteiger partial charge >= 0.3 is 0 Å². The Bertz CT molecular complexity index is 614. The number of rotatable bonds is 4. The number of hydrogen-bond donors (Lipinski definition) is 2. The van der Waals surface area contributed by atoms with Crippen molar-refractivity contribution < 1.29 is 14.6 Å². The maximum Gasteiger partial charge on any atom is 0.264 e. The van der Waals surface area contributed by atoms with Crippen molar-refractivity contribution in [3.63, 3.8) is 0 Å². The van der Waals surface area contributed by atoms with Gasteiger partial charge in [0.1, 0.15) is 11.5 Å². The number of nitrogens with two attached hydrogens (primary N) is 1. The molecule has 0 aliphatic heterocycles. The number of aromatic hydroxyl groups is 1. The first-order valence-corrected chi connectivity index (χ1v) is 6.11. The van der Waals surface area contributed by atoms with Crippen LogP contribution in [0.15, 0.2) is 48.5 Å². The van der Waals surface area contributed by atoms with E-state index in [1.165, 1.54) is 11.0 Å². The first kappa shape index (κ1) is 13.7. The molecule has 2 rings (SSSR count). The molecule has 2 aromatic rings. The van der Waals surface area contributed by atoms with E-state index < -0.39 is 0 Å². The fourth-order valence-corrected chi connectivity index (χ4v) is 1.69. The lowest BCUT2D eigenvalue weighted by Gasteiger charge is -2.18. The van der Waals surface area contributed by atoms with Crippen LogP contribution in [-0.4, -0.2) is 24.7 Å². The van der Waals surface area contributed by atoms with Crippen LogP contribution in [0.25, 0.3) is 0 Å². The van der Waals surface area contributed by atoms with Crippen LogP contribution in [0.2, 0.25) is 0 Å². The summed E-state index contributed by atoms with van der Waals surface area (Å²) in [6.45, 7) is -0.125. The third kappa shape index (κ3) is 3.20. The third-order valence-electron chi connectivity index (χ3n) is 2.86. The quantitative estimate of drug-likeness (QED) is 0.835. The van der Waals surface area contributed by atoms with Gasteiger partial charge in [0.2, 0.25) is 0 Å². The van der Waals surface area contributed by atoms with E-state index in [4.69, 9.17) is 10.5 Å². The van der Waals surface area contributed by atoms with Gasteiger partial charge in [0.15, 0.2) is 6.61 Å². The average Bonchev–Trinajstić information content (AvgIpc) is 2.45. The summed E-state index contributed by atoms with van der Waals surface area (Å²) in [6.07, 6.45) is 0. The van der Waals surface area contributed by atoms with E-state index in [-0.39, 0.29) is 18.3 Å². The maximum atomic E-state index is 12.0. The molecule has 0 bridgehead atoms. The van der Waals surface area contributed by atoms with E-state index in [1.807, 2.05) is 0 Å². The number of hydrogen-bond acceptors (Lipinski definition) is 4. The second kappa shape index (κ2) is 5.97. The van der Waals surface area contributed by atoms with Crippen molar-refractivity contribution in [2.45, 2.75) is 0 Å². The minimum atomic E-state index is -0.237. The molecule has 0 aliphatic rings. The van der Waals surface area contributed by atoms with Gasteiger partial charge in [-0.2, -0.15) is 0 Å². The van der Waals surface area contributed by atoms with Crippen molar-refractivity contribution in [3.05, 3.63) is 48.5 Å². The number of phenols is 1. The van der Waals surface area contributed by atoms with Crippen LogP contribution >= 0.6 is 0 Å². The van der Waals surface area contributed by atoms with Crippen LogP contribution in [0, 0.1) is 0 Å². The number of nitrogen functional groups attached to an aromatic ring is 1. The van der Waals surface area contributed by atoms with E-state index in [0.717, 1.165) is 0 Å². The van der Waals surface area contributed by atoms with Gasteiger partial charge in [-0.1, -0.05) is 18.2 Å². The number of carbonyl (C=O) groups excluding carboxylic acids is 1. The lowest BCUT2D eigenvalue weighted by Crippen LogP contribution is -2.31. The van der Waals surface area contributed by atoms with Crippen LogP contribution in [0.5, 0.6) is 11.5 Å². The number of ether oxygens (including phenoxy) is 1. The van der Waals surface area contributed by atoms with Gasteiger partial charge in [-0.05, 0) is 24.3 Å². The largest absolute Gasteiger partial charge is 0.508 e. The number of nitrogens with zero attached hydrogens (tertiary/aromatic N) is 1. The summed E-state index contributed by atoms with van der Waals surface area (Å²) in [5.41, 5.74) is 6.81. The number of likely N-dealkylation sites (N-methyl/N-ethyl adjacent to an activating group) is 1. The highest BCUT2D eigenvalue weighted by molar-refractivity contribution is 5.94. The van der Waals surface area contributed by atoms with Gasteiger partial charge in [0, 0.05) is 18.8 Å². The predicted molar refractivity (Wildman–Crippen MR) is 77.9 cm³/mol. The molecule has 104 valence electrons. The molecule has 5 heteroatoms. The highest BCUT2D eigenvalue weighted by Crippen LogP contribution is 2.21. The fourth-order valence-electron chi connectivity index (χ4n) is 1.69. The van der Waals surface area contributed by atoms with Crippen LogP contribution < -0.4 is 15.4 Å². The fraction of sp³-hybridized carbons (Fsp3) is 0.133. The number of carbonyl (C=O) groups is 1. The lowest BCUT2D eigenvalue weighted by atomic mass is 10.3. The van der Waals surface area contributed by atoms with E-state index in [0.29, 0.717) is 17.1 Å². The summed E-state index contributed by atoms with van der Waals surface area (Å²) in [7, 11) is 1.62. The minimum Gasteiger partial charge on any atom is -0.508 e. The molecule has 0 saturated carbocycles. The Morgan fingerprint density at radius 1 is 1.25 bits per heavy atom. The smallest absolute Gasteiger partial charge is 0.264 e. The number of phenolic OH excluding ortho intramolecular Hbond substituents is 1. The topological polar surface area (TPSA) is 75.8 Å². The molecule has 0 saturated heterocycles. The molecule has 0 fully saturated rings. The summed E-state index contributed by atoms with van der Waals surface area (Å²) in [6, 6.07) is 13.4. The first-order valence-electron chi connectivity index (χ1n) is 6.11. The zero-order valence-electron chi connectivity index (χ0n) is 11.1. The normalized spacial score (nSPS) is 10.1. The number of benzene rings is 2. The van der Waals surface area contributed by atoms with E-state index in [2.05, 4.69) is 0 Å². The SMILES string of the molecule is CN(C(=O)COc1ccccc1N)c1cccc(O)c1. The van der Waals surface area contributed by atoms with Crippen LogP contribution in [0.3, 0.4) is 0 Å². The van der Waals surface area contributed by atoms with Crippen LogP contribution in [0.1, 0.15) is 0 Å². The van der Waals surface area contributed by atoms with Gasteiger partial charge in [-0.25, -0.2) is 0 Å². The molecule has 0 radical (unpaired) electrons. The molecular formula is C15H16N2O3. The summed E-state index contributed by atoms with van der Waals surface area (Å²) < 4.78 is 5.39. The Balaban J connectivity index is 2.00. The van der Waals surface area contributed by atoms with Gasteiger partial charge in [-0.3, -0.25) is 4.79 Å². The minimum absolute atomic E-state index is 0.107. The van der Waals surface area contributed by atoms with Crippen molar-refractivity contribution in [2.24, 2.45) is 0 Å². The summed E-state index contributed by atoms with van der Waals surface area (Å²) in [5, 5.41) is 9.40. The standard InChI is InChI=1S/C15H16N2O3/c1-17(11-5-4-6-12(18)9-11)15(19)10-20-14-8-3-2-7-13(14)16/h2-9,18H,10,16H2,1H3. The first-order chi connectivity index (χ1) is 9.58. The Morgan fingerprint density at radius 2 is 2.00 bits per heavy atom. The van der Waals surface area contributed by atoms with E-state index in [1.54, 1.807) is 49.5 Å². The zero-order chi connectivity index (χ0) is 14.5. The number of anilines is 2. The molecule has 1 amide bonds. The Kier molecular flexibility index (Phi) is 4.10. The number of amides is 1. The molecule has 2 aromatic carbocycles. The summed E-state index contributed by atoms with van der Waals surface area (Å²) >= 11 is 0. The van der Waals surface area contributed by atoms with Crippen molar-refractivity contribution in [2.75, 3.05) is 24.3 Å². The molecule has 5 nitrogen and oxygen atoms in total. The second-order valence-corrected chi connectivity index (χ2v) is 4.30. The highest BCUT2D eigenvalue weighted by atomic mass is 16.5. The summed E-state index contributed by atoms with van der Waals surface area (Å²) in [5.74, 6) is 0.347. The van der Waals surface area contributed by atoms with Gasteiger partial charge < -0.3 is 20.5 Å². The van der Waals surface area contributed by atoms with Crippen molar-refractivity contribution in [1.29, 1.82) is 0 Å². The molecule has 3 N–H and O–H groups in total. The third-order valence-corrected chi connectivity index (χ3v) is 2.86. The lowest BCUT2D eigenvalue weighted by molar-refractivity contribution is -0.120. The monoisotopic (exact) mass is 272 g/mol. The molecule has 0 spiro atoms. The Hall–Kier alpha value is -2.69. The molecule has 0 aromatic heterocycles. The van der Waals surface area contributed by atoms with Crippen molar-refractivity contribution in [1.82, 2.24) is 0 Å². The van der Waals surface area contributed by atoms with Gasteiger partial charge in [0.05, 0.1) is 5.69 Å². The molecule has 0 atom stereocenters. The van der Waals surface area contributed by atoms with E-state index >= 15 is 0 Å². The number of para-hydroxylation sites is 2. The molecule has 20 heavy (non-hydrogen) atoms. The average molecular weight is 272 g/mol. The molecule has 0 unspecified atom stereocenters. The highest BCUT2D eigenvalue weighted by Gasteiger charge is 2.12. The van der Waals surface area contributed by atoms with Crippen LogP contribution in [-0.2, 0) is 4.79 Å². The Morgan fingerprint density at radius 3 is 2.70 bits per heavy atom. The van der Waals surface area contributed by atoms with Crippen molar-refractivity contribution >= 4 is 17.3 Å². The second-order valence-electron chi connectivity index (χ2n) is 4.30. The van der Waals surface area contributed by atoms with Crippen LogP contribution in [0.4, 0.5) is 11.4 Å².